The minimum absolute atomic E-state index is 0.101. The first-order chi connectivity index (χ1) is 7.36. The highest BCUT2D eigenvalue weighted by atomic mass is 19.4. The molecule has 0 heterocycles. The summed E-state index contributed by atoms with van der Waals surface area (Å²) in [6.45, 7) is 1.45. The van der Waals surface area contributed by atoms with Gasteiger partial charge in [-0.1, -0.05) is 12.1 Å². The molecule has 5 heteroatoms. The summed E-state index contributed by atoms with van der Waals surface area (Å²) in [5.74, 6) is -0.747. The Balaban J connectivity index is 3.05. The van der Waals surface area contributed by atoms with Crippen molar-refractivity contribution in [3.05, 3.63) is 35.4 Å². The maximum Gasteiger partial charge on any atom is 0.416 e. The predicted molar refractivity (Wildman–Crippen MR) is 51.2 cm³/mol. The van der Waals surface area contributed by atoms with Gasteiger partial charge in [0.05, 0.1) is 23.7 Å². The lowest BCUT2D eigenvalue weighted by molar-refractivity contribution is -0.137. The van der Waals surface area contributed by atoms with E-state index in [1.165, 1.54) is 19.1 Å². The summed E-state index contributed by atoms with van der Waals surface area (Å²) in [5.41, 5.74) is -0.724. The smallest absolute Gasteiger partial charge is 0.387 e. The molecule has 0 fully saturated rings. The minimum atomic E-state index is -4.44. The van der Waals surface area contributed by atoms with Crippen LogP contribution in [0.5, 0.6) is 0 Å². The van der Waals surface area contributed by atoms with E-state index < -0.39 is 23.8 Å². The van der Waals surface area contributed by atoms with Gasteiger partial charge < -0.3 is 5.11 Å². The zero-order chi connectivity index (χ0) is 12.3. The van der Waals surface area contributed by atoms with Crippen LogP contribution in [0.2, 0.25) is 0 Å². The molecule has 0 radical (unpaired) electrons. The molecule has 16 heavy (non-hydrogen) atoms. The second kappa shape index (κ2) is 4.54. The van der Waals surface area contributed by atoms with Crippen molar-refractivity contribution in [3.8, 4) is 6.07 Å². The van der Waals surface area contributed by atoms with Gasteiger partial charge >= 0.3 is 6.18 Å². The first-order valence-corrected chi connectivity index (χ1v) is 4.61. The van der Waals surface area contributed by atoms with Gasteiger partial charge in [-0.25, -0.2) is 0 Å². The van der Waals surface area contributed by atoms with E-state index >= 15 is 0 Å². The highest BCUT2D eigenvalue weighted by molar-refractivity contribution is 5.28. The molecule has 0 spiro atoms. The number of aliphatic hydroxyl groups excluding tert-OH is 1. The maximum atomic E-state index is 12.4. The molecule has 0 bridgehead atoms. The van der Waals surface area contributed by atoms with Crippen LogP contribution in [-0.4, -0.2) is 5.11 Å². The van der Waals surface area contributed by atoms with Gasteiger partial charge in [0.15, 0.2) is 0 Å². The Kier molecular flexibility index (Phi) is 3.55. The Bertz CT molecular complexity index is 408. The molecular weight excluding hydrogens is 219 g/mol. The van der Waals surface area contributed by atoms with Crippen molar-refractivity contribution >= 4 is 0 Å². The van der Waals surface area contributed by atoms with Crippen LogP contribution in [0.15, 0.2) is 24.3 Å². The lowest BCUT2D eigenvalue weighted by Crippen LogP contribution is -2.10. The fraction of sp³-hybridized carbons (Fsp3) is 0.364. The van der Waals surface area contributed by atoms with Crippen LogP contribution in [0.4, 0.5) is 13.2 Å². The number of aliphatic hydroxyl groups is 1. The summed E-state index contributed by atoms with van der Waals surface area (Å²) in [5, 5.41) is 18.2. The van der Waals surface area contributed by atoms with Gasteiger partial charge in [-0.15, -0.1) is 0 Å². The zero-order valence-corrected chi connectivity index (χ0v) is 8.49. The molecule has 0 saturated heterocycles. The molecule has 2 nitrogen and oxygen atoms in total. The predicted octanol–water partition coefficient (Wildman–Crippen LogP) is 2.90. The zero-order valence-electron chi connectivity index (χ0n) is 8.49. The fourth-order valence-corrected chi connectivity index (χ4v) is 1.26. The normalized spacial score (nSPS) is 15.2. The second-order valence-corrected chi connectivity index (χ2v) is 3.49. The van der Waals surface area contributed by atoms with Crippen molar-refractivity contribution in [3.63, 3.8) is 0 Å². The Morgan fingerprint density at radius 3 is 2.50 bits per heavy atom. The van der Waals surface area contributed by atoms with Crippen molar-refractivity contribution < 1.29 is 18.3 Å². The van der Waals surface area contributed by atoms with E-state index in [-0.39, 0.29) is 5.56 Å². The topological polar surface area (TPSA) is 44.0 Å². The second-order valence-electron chi connectivity index (χ2n) is 3.49. The van der Waals surface area contributed by atoms with E-state index in [0.29, 0.717) is 0 Å². The third-order valence-electron chi connectivity index (χ3n) is 2.23. The molecule has 1 rings (SSSR count). The Morgan fingerprint density at radius 1 is 1.38 bits per heavy atom. The molecule has 0 aliphatic carbocycles. The van der Waals surface area contributed by atoms with Gasteiger partial charge in [0.25, 0.3) is 0 Å². The molecule has 86 valence electrons. The molecule has 0 aromatic heterocycles. The molecule has 1 aromatic carbocycles. The van der Waals surface area contributed by atoms with Crippen LogP contribution >= 0.6 is 0 Å². The van der Waals surface area contributed by atoms with Gasteiger partial charge in [0.1, 0.15) is 0 Å². The van der Waals surface area contributed by atoms with Crippen LogP contribution in [0.3, 0.4) is 0 Å². The monoisotopic (exact) mass is 229 g/mol. The van der Waals surface area contributed by atoms with Gasteiger partial charge in [-0.05, 0) is 24.6 Å². The number of hydrogen-bond acceptors (Lipinski definition) is 2. The maximum absolute atomic E-state index is 12.4. The van der Waals surface area contributed by atoms with E-state index in [0.717, 1.165) is 12.1 Å². The Labute approximate surface area is 90.9 Å². The van der Waals surface area contributed by atoms with Gasteiger partial charge in [-0.2, -0.15) is 18.4 Å². The van der Waals surface area contributed by atoms with Crippen molar-refractivity contribution in [2.75, 3.05) is 0 Å². The average molecular weight is 229 g/mol. The molecule has 1 N–H and O–H groups in total. The molecule has 1 aromatic rings. The molecule has 0 saturated carbocycles. The van der Waals surface area contributed by atoms with Crippen molar-refractivity contribution in [1.82, 2.24) is 0 Å². The van der Waals surface area contributed by atoms with E-state index in [1.807, 2.05) is 0 Å². The number of nitrogens with zero attached hydrogens (tertiary/aromatic N) is 1. The first-order valence-electron chi connectivity index (χ1n) is 4.61. The van der Waals surface area contributed by atoms with E-state index in [1.54, 1.807) is 6.07 Å². The summed E-state index contributed by atoms with van der Waals surface area (Å²) in [6.07, 6.45) is -5.64. The third kappa shape index (κ3) is 2.74. The molecule has 0 aliphatic rings. The summed E-state index contributed by atoms with van der Waals surface area (Å²) < 4.78 is 37.1. The molecular formula is C11H10F3NO. The highest BCUT2D eigenvalue weighted by Gasteiger charge is 2.31. The van der Waals surface area contributed by atoms with Gasteiger partial charge in [-0.3, -0.25) is 0 Å². The van der Waals surface area contributed by atoms with Gasteiger partial charge in [0.2, 0.25) is 0 Å². The average Bonchev–Trinajstić information content (AvgIpc) is 2.26. The van der Waals surface area contributed by atoms with E-state index in [4.69, 9.17) is 5.26 Å². The fourth-order valence-electron chi connectivity index (χ4n) is 1.26. The number of benzene rings is 1. The first kappa shape index (κ1) is 12.5. The summed E-state index contributed by atoms with van der Waals surface area (Å²) in [4.78, 5) is 0. The molecule has 2 atom stereocenters. The summed E-state index contributed by atoms with van der Waals surface area (Å²) in [6, 6.07) is 6.16. The number of alkyl halides is 3. The largest absolute Gasteiger partial charge is 0.416 e. The van der Waals surface area contributed by atoms with Crippen LogP contribution in [0.25, 0.3) is 0 Å². The van der Waals surface area contributed by atoms with E-state index in [9.17, 15) is 18.3 Å². The van der Waals surface area contributed by atoms with Crippen molar-refractivity contribution in [2.45, 2.75) is 19.2 Å². The number of halogens is 3. The minimum Gasteiger partial charge on any atom is -0.387 e. The van der Waals surface area contributed by atoms with Crippen LogP contribution in [-0.2, 0) is 6.18 Å². The molecule has 0 amide bonds. The number of rotatable bonds is 2. The standard InChI is InChI=1S/C11H10F3NO/c1-7(6-15)10(16)8-3-2-4-9(5-8)11(12,13)14/h2-5,7,10,16H,1H3. The number of hydrogen-bond donors (Lipinski definition) is 1. The highest BCUT2D eigenvalue weighted by Crippen LogP contribution is 2.31. The SMILES string of the molecule is CC(C#N)C(O)c1cccc(C(F)(F)F)c1. The lowest BCUT2D eigenvalue weighted by Gasteiger charge is -2.14. The van der Waals surface area contributed by atoms with Crippen molar-refractivity contribution in [1.29, 1.82) is 5.26 Å². The molecule has 0 aliphatic heterocycles. The van der Waals surface area contributed by atoms with Crippen LogP contribution in [0, 0.1) is 17.2 Å². The van der Waals surface area contributed by atoms with E-state index in [2.05, 4.69) is 0 Å². The van der Waals surface area contributed by atoms with Crippen LogP contribution in [0.1, 0.15) is 24.2 Å². The number of nitriles is 1. The Morgan fingerprint density at radius 2 is 2.00 bits per heavy atom. The molecule has 2 unspecified atom stereocenters. The van der Waals surface area contributed by atoms with Crippen molar-refractivity contribution in [2.24, 2.45) is 5.92 Å². The third-order valence-corrected chi connectivity index (χ3v) is 2.23. The van der Waals surface area contributed by atoms with Gasteiger partial charge in [0, 0.05) is 0 Å². The van der Waals surface area contributed by atoms with Crippen LogP contribution < -0.4 is 0 Å². The summed E-state index contributed by atoms with van der Waals surface area (Å²) in [7, 11) is 0. The lowest BCUT2D eigenvalue weighted by atomic mass is 9.97. The summed E-state index contributed by atoms with van der Waals surface area (Å²) >= 11 is 0. The Hall–Kier alpha value is -1.54. The quantitative estimate of drug-likeness (QED) is 0.847.